The number of carbonyl (C=O) groups is 1. The molecule has 3 rings (SSSR count). The first-order valence-corrected chi connectivity index (χ1v) is 7.03. The Hall–Kier alpha value is -2.69. The molecule has 2 aromatic rings. The Morgan fingerprint density at radius 3 is 2.64 bits per heavy atom. The number of aliphatic imine (C=N–C) groups is 1. The average Bonchev–Trinajstić information content (AvgIpc) is 2.54. The molecule has 112 valence electrons. The van der Waals surface area contributed by atoms with Crippen LogP contribution in [0.15, 0.2) is 52.4 Å². The summed E-state index contributed by atoms with van der Waals surface area (Å²) in [7, 11) is 1.35. The molecule has 1 aliphatic rings. The van der Waals surface area contributed by atoms with E-state index in [1.165, 1.54) is 7.11 Å². The Bertz CT molecular complexity index is 793. The smallest absolute Gasteiger partial charge is 0.315 e. The first-order chi connectivity index (χ1) is 10.6. The molecule has 1 aromatic heterocycles. The second kappa shape index (κ2) is 5.60. The normalized spacial score (nSPS) is 20.0. The Morgan fingerprint density at radius 2 is 1.95 bits per heavy atom. The molecule has 22 heavy (non-hydrogen) atoms. The van der Waals surface area contributed by atoms with Gasteiger partial charge in [0, 0.05) is 17.8 Å². The minimum absolute atomic E-state index is 0.225. The molecule has 5 nitrogen and oxygen atoms in total. The van der Waals surface area contributed by atoms with E-state index in [1.807, 2.05) is 30.3 Å². The predicted molar refractivity (Wildman–Crippen MR) is 83.6 cm³/mol. The van der Waals surface area contributed by atoms with Gasteiger partial charge in [0.2, 0.25) is 0 Å². The third-order valence-electron chi connectivity index (χ3n) is 3.98. The van der Waals surface area contributed by atoms with Crippen molar-refractivity contribution >= 4 is 17.4 Å². The van der Waals surface area contributed by atoms with Gasteiger partial charge in [0.15, 0.2) is 0 Å². The molecule has 0 fully saturated rings. The van der Waals surface area contributed by atoms with Crippen molar-refractivity contribution in [3.05, 3.63) is 64.1 Å². The summed E-state index contributed by atoms with van der Waals surface area (Å²) in [4.78, 5) is 31.7. The Balaban J connectivity index is 2.27. The number of ether oxygens (including phenoxy) is 1. The number of hydrogen-bond donors (Lipinski definition) is 1. The van der Waals surface area contributed by atoms with Gasteiger partial charge in [-0.25, -0.2) is 0 Å². The van der Waals surface area contributed by atoms with E-state index in [1.54, 1.807) is 19.2 Å². The number of aromatic amines is 1. The molecule has 0 radical (unpaired) electrons. The van der Waals surface area contributed by atoms with Gasteiger partial charge in [-0.15, -0.1) is 0 Å². The zero-order valence-electron chi connectivity index (χ0n) is 12.4. The zero-order valence-corrected chi connectivity index (χ0v) is 12.4. The lowest BCUT2D eigenvalue weighted by atomic mass is 9.76. The molecule has 5 heteroatoms. The highest BCUT2D eigenvalue weighted by Crippen LogP contribution is 2.40. The molecule has 1 N–H and O–H groups in total. The Kier molecular flexibility index (Phi) is 3.63. The monoisotopic (exact) mass is 296 g/mol. The molecule has 0 amide bonds. The van der Waals surface area contributed by atoms with Crippen LogP contribution in [-0.2, 0) is 9.53 Å². The van der Waals surface area contributed by atoms with E-state index < -0.39 is 11.8 Å². The van der Waals surface area contributed by atoms with Crippen LogP contribution in [0.3, 0.4) is 0 Å². The summed E-state index contributed by atoms with van der Waals surface area (Å²) in [6, 6.07) is 11.3. The molecular weight excluding hydrogens is 280 g/mol. The van der Waals surface area contributed by atoms with Crippen molar-refractivity contribution in [1.82, 2.24) is 4.98 Å². The largest absolute Gasteiger partial charge is 0.468 e. The number of carbonyl (C=O) groups excluding carboxylic acids is 1. The number of aromatic nitrogens is 1. The van der Waals surface area contributed by atoms with Crippen LogP contribution in [0.5, 0.6) is 0 Å². The predicted octanol–water partition coefficient (Wildman–Crippen LogP) is 2.40. The van der Waals surface area contributed by atoms with Gasteiger partial charge in [-0.1, -0.05) is 30.3 Å². The Morgan fingerprint density at radius 1 is 1.23 bits per heavy atom. The Labute approximate surface area is 127 Å². The quantitative estimate of drug-likeness (QED) is 0.865. The summed E-state index contributed by atoms with van der Waals surface area (Å²) >= 11 is 0. The summed E-state index contributed by atoms with van der Waals surface area (Å²) in [5.41, 5.74) is 2.44. The summed E-state index contributed by atoms with van der Waals surface area (Å²) in [5.74, 6) is -1.38. The number of nitrogens with zero attached hydrogens (tertiary/aromatic N) is 1. The maximum atomic E-state index is 12.3. The van der Waals surface area contributed by atoms with Crippen molar-refractivity contribution in [2.24, 2.45) is 10.9 Å². The highest BCUT2D eigenvalue weighted by atomic mass is 16.5. The van der Waals surface area contributed by atoms with Crippen molar-refractivity contribution < 1.29 is 9.53 Å². The molecule has 2 heterocycles. The van der Waals surface area contributed by atoms with Gasteiger partial charge in [-0.2, -0.15) is 0 Å². The van der Waals surface area contributed by atoms with Gasteiger partial charge in [-0.3, -0.25) is 14.6 Å². The number of esters is 1. The average molecular weight is 296 g/mol. The molecule has 1 aromatic carbocycles. The SMILES string of the molecule is COC(=O)C1C(C)=Nc2cc[nH]c(=O)c2C1c1ccccc1. The van der Waals surface area contributed by atoms with Gasteiger partial charge < -0.3 is 9.72 Å². The number of fused-ring (bicyclic) bond motifs is 1. The maximum absolute atomic E-state index is 12.3. The molecular formula is C17H16N2O3. The molecule has 0 spiro atoms. The lowest BCUT2D eigenvalue weighted by molar-refractivity contribution is -0.143. The van der Waals surface area contributed by atoms with Crippen LogP contribution < -0.4 is 5.56 Å². The van der Waals surface area contributed by atoms with Crippen LogP contribution in [0.25, 0.3) is 0 Å². The van der Waals surface area contributed by atoms with Gasteiger partial charge in [0.25, 0.3) is 5.56 Å². The zero-order chi connectivity index (χ0) is 15.7. The number of benzene rings is 1. The first kappa shape index (κ1) is 14.3. The minimum atomic E-state index is -0.594. The topological polar surface area (TPSA) is 71.5 Å². The molecule has 0 saturated carbocycles. The van der Waals surface area contributed by atoms with E-state index >= 15 is 0 Å². The van der Waals surface area contributed by atoms with Crippen LogP contribution in [-0.4, -0.2) is 23.8 Å². The summed E-state index contributed by atoms with van der Waals surface area (Å²) in [6.45, 7) is 1.79. The van der Waals surface area contributed by atoms with Crippen LogP contribution in [0.4, 0.5) is 5.69 Å². The molecule has 2 atom stereocenters. The summed E-state index contributed by atoms with van der Waals surface area (Å²) in [5, 5.41) is 0. The fourth-order valence-electron chi connectivity index (χ4n) is 3.00. The maximum Gasteiger partial charge on any atom is 0.315 e. The number of pyridine rings is 1. The van der Waals surface area contributed by atoms with E-state index in [9.17, 15) is 9.59 Å². The number of rotatable bonds is 2. The van der Waals surface area contributed by atoms with Gasteiger partial charge in [0.1, 0.15) is 5.92 Å². The van der Waals surface area contributed by atoms with Crippen molar-refractivity contribution in [3.8, 4) is 0 Å². The van der Waals surface area contributed by atoms with Crippen LogP contribution in [0.1, 0.15) is 24.0 Å². The van der Waals surface area contributed by atoms with Crippen molar-refractivity contribution in [2.45, 2.75) is 12.8 Å². The van der Waals surface area contributed by atoms with Crippen LogP contribution in [0, 0.1) is 5.92 Å². The molecule has 0 bridgehead atoms. The van der Waals surface area contributed by atoms with Gasteiger partial charge in [0.05, 0.1) is 18.4 Å². The lowest BCUT2D eigenvalue weighted by Crippen LogP contribution is -2.35. The summed E-state index contributed by atoms with van der Waals surface area (Å²) < 4.78 is 4.93. The highest BCUT2D eigenvalue weighted by Gasteiger charge is 2.39. The first-order valence-electron chi connectivity index (χ1n) is 7.03. The fraction of sp³-hybridized carbons (Fsp3) is 0.235. The van der Waals surface area contributed by atoms with E-state index in [-0.39, 0.29) is 11.5 Å². The van der Waals surface area contributed by atoms with Gasteiger partial charge in [-0.05, 0) is 18.6 Å². The molecule has 0 aliphatic carbocycles. The van der Waals surface area contributed by atoms with Crippen molar-refractivity contribution in [1.29, 1.82) is 0 Å². The third-order valence-corrected chi connectivity index (χ3v) is 3.98. The van der Waals surface area contributed by atoms with Crippen LogP contribution >= 0.6 is 0 Å². The van der Waals surface area contributed by atoms with E-state index in [4.69, 9.17) is 4.74 Å². The highest BCUT2D eigenvalue weighted by molar-refractivity contribution is 6.05. The van der Waals surface area contributed by atoms with Crippen molar-refractivity contribution in [3.63, 3.8) is 0 Å². The number of methoxy groups -OCH3 is 1. The lowest BCUT2D eigenvalue weighted by Gasteiger charge is -2.29. The standard InChI is InChI=1S/C17H16N2O3/c1-10-13(17(21)22-2)14(11-6-4-3-5-7-11)15-12(19-10)8-9-18-16(15)20/h3-9,13-14H,1-2H3,(H,18,20). The number of nitrogens with one attached hydrogen (secondary N) is 1. The fourth-order valence-corrected chi connectivity index (χ4v) is 3.00. The van der Waals surface area contributed by atoms with Crippen molar-refractivity contribution in [2.75, 3.05) is 7.11 Å². The van der Waals surface area contributed by atoms with E-state index in [0.717, 1.165) is 5.56 Å². The van der Waals surface area contributed by atoms with Gasteiger partial charge >= 0.3 is 5.97 Å². The summed E-state index contributed by atoms with van der Waals surface area (Å²) in [6.07, 6.45) is 1.57. The number of H-pyrrole nitrogens is 1. The second-order valence-electron chi connectivity index (χ2n) is 5.25. The van der Waals surface area contributed by atoms with E-state index in [0.29, 0.717) is 17.0 Å². The minimum Gasteiger partial charge on any atom is -0.468 e. The number of hydrogen-bond acceptors (Lipinski definition) is 4. The van der Waals surface area contributed by atoms with E-state index in [2.05, 4.69) is 9.98 Å². The van der Waals surface area contributed by atoms with Crippen LogP contribution in [0.2, 0.25) is 0 Å². The second-order valence-corrected chi connectivity index (χ2v) is 5.25. The molecule has 1 aliphatic heterocycles. The molecule has 2 unspecified atom stereocenters. The molecule has 0 saturated heterocycles. The third kappa shape index (κ3) is 2.24.